The van der Waals surface area contributed by atoms with Gasteiger partial charge in [-0.3, -0.25) is 10.4 Å². The van der Waals surface area contributed by atoms with Gasteiger partial charge < -0.3 is 30.0 Å². The number of phenols is 1. The number of aromatic hydroxyl groups is 1. The first-order valence-corrected chi connectivity index (χ1v) is 11.0. The van der Waals surface area contributed by atoms with Crippen molar-refractivity contribution in [2.24, 2.45) is 5.73 Å². The second kappa shape index (κ2) is 10.3. The number of benzene rings is 2. The number of carbonyl (C=O) groups excluding carboxylic acids is 1. The number of nitrogens with two attached hydrogens (primary N) is 1. The number of ether oxygens (including phenoxy) is 1. The van der Waals surface area contributed by atoms with Crippen LogP contribution in [0.15, 0.2) is 65.4 Å². The minimum absolute atomic E-state index is 0.0452. The van der Waals surface area contributed by atoms with E-state index >= 15 is 0 Å². The van der Waals surface area contributed by atoms with E-state index in [0.29, 0.717) is 24.1 Å². The van der Waals surface area contributed by atoms with Crippen molar-refractivity contribution < 1.29 is 24.2 Å². The lowest BCUT2D eigenvalue weighted by molar-refractivity contribution is 0.0506. The van der Waals surface area contributed by atoms with Gasteiger partial charge in [0.05, 0.1) is 37.1 Å². The summed E-state index contributed by atoms with van der Waals surface area (Å²) < 4.78 is 11.0. The number of aromatic nitrogens is 1. The van der Waals surface area contributed by atoms with Crippen LogP contribution in [0.1, 0.15) is 21.5 Å². The van der Waals surface area contributed by atoms with E-state index in [9.17, 15) is 9.90 Å². The molecule has 0 aliphatic heterocycles. The van der Waals surface area contributed by atoms with Crippen molar-refractivity contribution in [2.45, 2.75) is 6.42 Å². The van der Waals surface area contributed by atoms with Crippen molar-refractivity contribution >= 4 is 28.5 Å². The van der Waals surface area contributed by atoms with Crippen LogP contribution in [0.4, 0.5) is 5.69 Å². The predicted molar refractivity (Wildman–Crippen MR) is 133 cm³/mol. The van der Waals surface area contributed by atoms with Crippen LogP contribution < -0.4 is 10.6 Å². The second-order valence-electron chi connectivity index (χ2n) is 8.05. The molecule has 0 spiro atoms. The number of phenolic OH excluding ortho intramolecular Hbond substituents is 1. The van der Waals surface area contributed by atoms with Crippen molar-refractivity contribution in [2.75, 3.05) is 31.7 Å². The number of pyridine rings is 1. The van der Waals surface area contributed by atoms with Gasteiger partial charge in [-0.15, -0.1) is 0 Å². The average Bonchev–Trinajstić information content (AvgIpc) is 3.26. The summed E-state index contributed by atoms with van der Waals surface area (Å²) in [5.41, 5.74) is 9.95. The molecule has 0 radical (unpaired) electrons. The molecule has 0 aliphatic rings. The number of hydrogen-bond acceptors (Lipinski definition) is 8. The van der Waals surface area contributed by atoms with Crippen LogP contribution in [-0.2, 0) is 11.2 Å². The van der Waals surface area contributed by atoms with E-state index in [1.54, 1.807) is 12.5 Å². The Labute approximate surface area is 201 Å². The van der Waals surface area contributed by atoms with Gasteiger partial charge in [0.15, 0.2) is 0 Å². The highest BCUT2D eigenvalue weighted by Crippen LogP contribution is 2.28. The van der Waals surface area contributed by atoms with Crippen LogP contribution in [0.25, 0.3) is 22.2 Å². The maximum absolute atomic E-state index is 12.4. The zero-order valence-corrected chi connectivity index (χ0v) is 19.2. The van der Waals surface area contributed by atoms with Crippen molar-refractivity contribution in [3.8, 4) is 17.0 Å². The molecule has 0 bridgehead atoms. The van der Waals surface area contributed by atoms with Gasteiger partial charge in [-0.05, 0) is 48.5 Å². The van der Waals surface area contributed by atoms with E-state index in [1.807, 2.05) is 42.3 Å². The van der Waals surface area contributed by atoms with Gasteiger partial charge in [-0.1, -0.05) is 0 Å². The number of aliphatic hydroxyl groups excluding tert-OH is 1. The van der Waals surface area contributed by atoms with Crippen LogP contribution in [0.2, 0.25) is 0 Å². The monoisotopic (exact) mass is 474 g/mol. The minimum Gasteiger partial charge on any atom is -0.507 e. The van der Waals surface area contributed by atoms with Gasteiger partial charge in [0.1, 0.15) is 22.7 Å². The standard InChI is InChI=1S/C26H26N4O5/c1-30(9-10-31)19-4-5-22(29-14-19)16-3-7-24-20(12-16)18(15-35-24)8-11-34-26(33)21-13-17(25(27)28)2-6-23(21)32/h2-7,12-15,31-32H,8-11H2,1H3,(H3,27,28). The summed E-state index contributed by atoms with van der Waals surface area (Å²) in [7, 11) is 1.89. The Bertz CT molecular complexity index is 1360. The lowest BCUT2D eigenvalue weighted by Crippen LogP contribution is -2.21. The maximum atomic E-state index is 12.4. The number of nitrogen functional groups attached to an aromatic ring is 1. The number of anilines is 1. The van der Waals surface area contributed by atoms with Crippen LogP contribution in [0.3, 0.4) is 0 Å². The third kappa shape index (κ3) is 5.25. The fourth-order valence-electron chi connectivity index (χ4n) is 3.69. The lowest BCUT2D eigenvalue weighted by atomic mass is 10.1. The average molecular weight is 475 g/mol. The number of likely N-dealkylation sites (N-methyl/N-ethyl adjacent to an activating group) is 1. The molecule has 2 aromatic carbocycles. The number of rotatable bonds is 9. The molecule has 9 nitrogen and oxygen atoms in total. The summed E-state index contributed by atoms with van der Waals surface area (Å²) in [5.74, 6) is -1.14. The van der Waals surface area contributed by atoms with Crippen LogP contribution in [0.5, 0.6) is 5.75 Å². The summed E-state index contributed by atoms with van der Waals surface area (Å²) in [4.78, 5) is 18.9. The highest BCUT2D eigenvalue weighted by Gasteiger charge is 2.15. The summed E-state index contributed by atoms with van der Waals surface area (Å²) in [6, 6.07) is 13.8. The third-order valence-corrected chi connectivity index (χ3v) is 5.71. The van der Waals surface area contributed by atoms with Crippen molar-refractivity contribution in [3.05, 3.63) is 77.7 Å². The van der Waals surface area contributed by atoms with Crippen LogP contribution >= 0.6 is 0 Å². The van der Waals surface area contributed by atoms with E-state index in [2.05, 4.69) is 4.98 Å². The van der Waals surface area contributed by atoms with Gasteiger partial charge in [-0.25, -0.2) is 4.79 Å². The van der Waals surface area contributed by atoms with Gasteiger partial charge in [0.25, 0.3) is 0 Å². The molecule has 0 unspecified atom stereocenters. The van der Waals surface area contributed by atoms with E-state index in [-0.39, 0.29) is 30.4 Å². The number of hydrogen-bond donors (Lipinski definition) is 4. The number of nitrogens with zero attached hydrogens (tertiary/aromatic N) is 2. The summed E-state index contributed by atoms with van der Waals surface area (Å²) in [5, 5.41) is 27.5. The minimum atomic E-state index is -0.699. The number of aliphatic hydroxyl groups is 1. The van der Waals surface area contributed by atoms with E-state index in [1.165, 1.54) is 18.2 Å². The number of carbonyl (C=O) groups is 1. The van der Waals surface area contributed by atoms with Gasteiger partial charge >= 0.3 is 5.97 Å². The lowest BCUT2D eigenvalue weighted by Gasteiger charge is -2.17. The molecule has 0 fully saturated rings. The van der Waals surface area contributed by atoms with Crippen LogP contribution in [-0.4, -0.2) is 53.8 Å². The first-order valence-electron chi connectivity index (χ1n) is 11.0. The molecule has 5 N–H and O–H groups in total. The summed E-state index contributed by atoms with van der Waals surface area (Å²) in [6.45, 7) is 0.669. The largest absolute Gasteiger partial charge is 0.507 e. The molecule has 0 saturated carbocycles. The maximum Gasteiger partial charge on any atom is 0.341 e. The summed E-state index contributed by atoms with van der Waals surface area (Å²) in [6.07, 6.45) is 3.81. The normalized spacial score (nSPS) is 10.9. The highest BCUT2D eigenvalue weighted by molar-refractivity contribution is 5.99. The van der Waals surface area contributed by atoms with Gasteiger partial charge in [0.2, 0.25) is 0 Å². The molecule has 2 heterocycles. The smallest absolute Gasteiger partial charge is 0.341 e. The molecule has 0 aliphatic carbocycles. The molecule has 9 heteroatoms. The molecule has 2 aromatic heterocycles. The second-order valence-corrected chi connectivity index (χ2v) is 8.05. The highest BCUT2D eigenvalue weighted by atomic mass is 16.5. The van der Waals surface area contributed by atoms with Gasteiger partial charge in [0, 0.05) is 42.1 Å². The molecular formula is C26H26N4O5. The topological polar surface area (TPSA) is 146 Å². The zero-order valence-electron chi connectivity index (χ0n) is 19.2. The van der Waals surface area contributed by atoms with E-state index < -0.39 is 5.97 Å². The van der Waals surface area contributed by atoms with Gasteiger partial charge in [-0.2, -0.15) is 0 Å². The zero-order chi connectivity index (χ0) is 24.9. The predicted octanol–water partition coefficient (Wildman–Crippen LogP) is 3.31. The number of esters is 1. The Kier molecular flexibility index (Phi) is 6.98. The molecule has 0 atom stereocenters. The van der Waals surface area contributed by atoms with Crippen molar-refractivity contribution in [1.82, 2.24) is 4.98 Å². The van der Waals surface area contributed by atoms with E-state index in [4.69, 9.17) is 25.4 Å². The Morgan fingerprint density at radius 1 is 1.20 bits per heavy atom. The molecule has 180 valence electrons. The fraction of sp³-hybridized carbons (Fsp3) is 0.192. The molecular weight excluding hydrogens is 448 g/mol. The van der Waals surface area contributed by atoms with Crippen LogP contribution in [0, 0.1) is 5.41 Å². The first-order chi connectivity index (χ1) is 16.9. The number of furan rings is 1. The molecule has 4 rings (SSSR count). The SMILES string of the molecule is CN(CCO)c1ccc(-c2ccc3occ(CCOC(=O)c4cc(C(=N)N)ccc4O)c3c2)nc1. The van der Waals surface area contributed by atoms with Crippen molar-refractivity contribution in [3.63, 3.8) is 0 Å². The first kappa shape index (κ1) is 23.8. The molecule has 0 saturated heterocycles. The Morgan fingerprint density at radius 2 is 2.03 bits per heavy atom. The Balaban J connectivity index is 1.46. The van der Waals surface area contributed by atoms with Crippen molar-refractivity contribution in [1.29, 1.82) is 5.41 Å². The fourth-order valence-corrected chi connectivity index (χ4v) is 3.69. The quantitative estimate of drug-likeness (QED) is 0.164. The Morgan fingerprint density at radius 3 is 2.74 bits per heavy atom. The number of amidine groups is 1. The Hall–Kier alpha value is -4.37. The third-order valence-electron chi connectivity index (χ3n) is 5.71. The molecule has 35 heavy (non-hydrogen) atoms. The number of fused-ring (bicyclic) bond motifs is 1. The summed E-state index contributed by atoms with van der Waals surface area (Å²) >= 11 is 0. The number of nitrogens with one attached hydrogen (secondary N) is 1. The van der Waals surface area contributed by atoms with E-state index in [0.717, 1.165) is 27.9 Å². The molecule has 0 amide bonds. The molecule has 4 aromatic rings.